The molecular weight excluding hydrogens is 334 g/mol. The maximum absolute atomic E-state index is 13.5. The van der Waals surface area contributed by atoms with Crippen molar-refractivity contribution in [3.63, 3.8) is 0 Å². The maximum atomic E-state index is 13.5. The van der Waals surface area contributed by atoms with Gasteiger partial charge < -0.3 is 5.11 Å². The Morgan fingerprint density at radius 2 is 1.89 bits per heavy atom. The van der Waals surface area contributed by atoms with Gasteiger partial charge in [-0.15, -0.1) is 0 Å². The van der Waals surface area contributed by atoms with Crippen LogP contribution >= 0.6 is 27.7 Å². The average Bonchev–Trinajstić information content (AvgIpc) is 2.32. The molecule has 0 heterocycles. The molecule has 0 aliphatic heterocycles. The van der Waals surface area contributed by atoms with E-state index in [2.05, 4.69) is 15.9 Å². The highest BCUT2D eigenvalue weighted by atomic mass is 79.9. The highest BCUT2D eigenvalue weighted by molar-refractivity contribution is 9.10. The first-order valence-electron chi connectivity index (χ1n) is 5.58. The smallest absolute Gasteiger partial charge is 0.140 e. The van der Waals surface area contributed by atoms with E-state index in [-0.39, 0.29) is 0 Å². The fraction of sp³-hybridized carbons (Fsp3) is 0.143. The molecule has 2 rings (SSSR count). The highest BCUT2D eigenvalue weighted by Crippen LogP contribution is 2.34. The first-order valence-corrected chi connectivity index (χ1v) is 7.18. The summed E-state index contributed by atoms with van der Waals surface area (Å²) >= 11 is 4.57. The van der Waals surface area contributed by atoms with Gasteiger partial charge in [-0.3, -0.25) is 0 Å². The van der Waals surface area contributed by atoms with Crippen LogP contribution in [0.2, 0.25) is 0 Å². The summed E-state index contributed by atoms with van der Waals surface area (Å²) in [5, 5.41) is 9.52. The fourth-order valence-electron chi connectivity index (χ4n) is 1.60. The van der Waals surface area contributed by atoms with E-state index in [0.29, 0.717) is 4.90 Å². The quantitative estimate of drug-likeness (QED) is 0.851. The molecule has 0 aliphatic rings. The Balaban J connectivity index is 2.26. The van der Waals surface area contributed by atoms with E-state index < -0.39 is 17.7 Å². The lowest BCUT2D eigenvalue weighted by Crippen LogP contribution is -1.92. The normalized spacial score (nSPS) is 12.5. The van der Waals surface area contributed by atoms with Gasteiger partial charge in [-0.1, -0.05) is 33.8 Å². The molecule has 1 unspecified atom stereocenters. The molecule has 19 heavy (non-hydrogen) atoms. The third-order valence-electron chi connectivity index (χ3n) is 2.54. The molecule has 2 aromatic rings. The van der Waals surface area contributed by atoms with Gasteiger partial charge in [0.1, 0.15) is 11.6 Å². The molecule has 0 aromatic heterocycles. The second-order valence-electron chi connectivity index (χ2n) is 4.04. The molecule has 1 N–H and O–H groups in total. The summed E-state index contributed by atoms with van der Waals surface area (Å²) < 4.78 is 27.1. The Bertz CT molecular complexity index is 602. The summed E-state index contributed by atoms with van der Waals surface area (Å²) in [6.45, 7) is 1.67. The number of rotatable bonds is 3. The van der Waals surface area contributed by atoms with E-state index >= 15 is 0 Å². The van der Waals surface area contributed by atoms with Crippen molar-refractivity contribution >= 4 is 27.7 Å². The van der Waals surface area contributed by atoms with Gasteiger partial charge in [-0.25, -0.2) is 8.78 Å². The van der Waals surface area contributed by atoms with Crippen molar-refractivity contribution in [2.45, 2.75) is 22.8 Å². The molecule has 100 valence electrons. The Morgan fingerprint density at radius 1 is 1.16 bits per heavy atom. The van der Waals surface area contributed by atoms with Crippen molar-refractivity contribution < 1.29 is 13.9 Å². The number of hydrogen-bond acceptors (Lipinski definition) is 2. The molecule has 2 aromatic carbocycles. The molecule has 0 bridgehead atoms. The van der Waals surface area contributed by atoms with Gasteiger partial charge >= 0.3 is 0 Å². The molecule has 0 aliphatic carbocycles. The molecule has 5 heteroatoms. The Kier molecular flexibility index (Phi) is 4.60. The largest absolute Gasteiger partial charge is 0.389 e. The van der Waals surface area contributed by atoms with Crippen LogP contribution in [0.5, 0.6) is 0 Å². The zero-order chi connectivity index (χ0) is 14.0. The summed E-state index contributed by atoms with van der Waals surface area (Å²) in [4.78, 5) is 1.17. The minimum Gasteiger partial charge on any atom is -0.389 e. The van der Waals surface area contributed by atoms with Crippen LogP contribution in [-0.4, -0.2) is 5.11 Å². The molecule has 0 amide bonds. The van der Waals surface area contributed by atoms with E-state index in [1.807, 2.05) is 0 Å². The molecule has 0 saturated carbocycles. The van der Waals surface area contributed by atoms with Crippen molar-refractivity contribution in [1.82, 2.24) is 0 Å². The monoisotopic (exact) mass is 344 g/mol. The van der Waals surface area contributed by atoms with Gasteiger partial charge in [-0.2, -0.15) is 0 Å². The van der Waals surface area contributed by atoms with E-state index in [4.69, 9.17) is 0 Å². The van der Waals surface area contributed by atoms with Gasteiger partial charge in [0.2, 0.25) is 0 Å². The molecule has 1 atom stereocenters. The van der Waals surface area contributed by atoms with Crippen LogP contribution in [0, 0.1) is 11.6 Å². The van der Waals surface area contributed by atoms with Crippen LogP contribution < -0.4 is 0 Å². The Hall–Kier alpha value is -0.910. The van der Waals surface area contributed by atoms with Crippen molar-refractivity contribution in [3.05, 3.63) is 58.1 Å². The fourth-order valence-corrected chi connectivity index (χ4v) is 3.32. The lowest BCUT2D eigenvalue weighted by molar-refractivity contribution is 0.198. The molecule has 1 nitrogen and oxygen atoms in total. The summed E-state index contributed by atoms with van der Waals surface area (Å²) in [6, 6.07) is 8.87. The SMILES string of the molecule is CC(O)c1ccc(Sc2ccc(F)cc2F)cc1Br. The van der Waals surface area contributed by atoms with Gasteiger partial charge in [0.25, 0.3) is 0 Å². The van der Waals surface area contributed by atoms with Crippen LogP contribution in [-0.2, 0) is 0 Å². The molecule has 0 fully saturated rings. The summed E-state index contributed by atoms with van der Waals surface area (Å²) in [7, 11) is 0. The van der Waals surface area contributed by atoms with E-state index in [1.54, 1.807) is 25.1 Å². The van der Waals surface area contributed by atoms with Crippen molar-refractivity contribution in [1.29, 1.82) is 0 Å². The lowest BCUT2D eigenvalue weighted by Gasteiger charge is -2.09. The Labute approximate surface area is 122 Å². The van der Waals surface area contributed by atoms with Crippen LogP contribution in [0.15, 0.2) is 50.7 Å². The second kappa shape index (κ2) is 6.03. The van der Waals surface area contributed by atoms with Gasteiger partial charge in [0.05, 0.1) is 6.10 Å². The minimum atomic E-state index is -0.590. The summed E-state index contributed by atoms with van der Waals surface area (Å²) in [5.74, 6) is -1.17. The predicted molar refractivity (Wildman–Crippen MR) is 75.3 cm³/mol. The van der Waals surface area contributed by atoms with E-state index in [0.717, 1.165) is 21.0 Å². The predicted octanol–water partition coefficient (Wildman–Crippen LogP) is 4.93. The van der Waals surface area contributed by atoms with Crippen LogP contribution in [0.25, 0.3) is 0 Å². The standard InChI is InChI=1S/C14H11BrF2OS/c1-8(18)11-4-3-10(7-12(11)15)19-14-5-2-9(16)6-13(14)17/h2-8,18H,1H3. The molecule has 0 spiro atoms. The minimum absolute atomic E-state index is 0.359. The van der Waals surface area contributed by atoms with Crippen molar-refractivity contribution in [2.75, 3.05) is 0 Å². The molecular formula is C14H11BrF2OS. The van der Waals surface area contributed by atoms with Gasteiger partial charge in [-0.05, 0) is 36.8 Å². The first-order chi connectivity index (χ1) is 8.97. The van der Waals surface area contributed by atoms with Gasteiger partial charge in [0.15, 0.2) is 0 Å². The maximum Gasteiger partial charge on any atom is 0.140 e. The van der Waals surface area contributed by atoms with Crippen molar-refractivity contribution in [2.24, 2.45) is 0 Å². The summed E-state index contributed by atoms with van der Waals surface area (Å²) in [6.07, 6.45) is -0.573. The van der Waals surface area contributed by atoms with E-state index in [9.17, 15) is 13.9 Å². The number of halogens is 3. The Morgan fingerprint density at radius 3 is 2.47 bits per heavy atom. The number of aliphatic hydroxyl groups excluding tert-OH is 1. The highest BCUT2D eigenvalue weighted by Gasteiger charge is 2.09. The van der Waals surface area contributed by atoms with Gasteiger partial charge in [0, 0.05) is 20.3 Å². The second-order valence-corrected chi connectivity index (χ2v) is 6.01. The third-order valence-corrected chi connectivity index (χ3v) is 4.27. The first kappa shape index (κ1) is 14.5. The van der Waals surface area contributed by atoms with Crippen LogP contribution in [0.4, 0.5) is 8.78 Å². The number of benzene rings is 2. The van der Waals surface area contributed by atoms with Crippen LogP contribution in [0.3, 0.4) is 0 Å². The zero-order valence-electron chi connectivity index (χ0n) is 10.0. The van der Waals surface area contributed by atoms with E-state index in [1.165, 1.54) is 23.9 Å². The van der Waals surface area contributed by atoms with Crippen LogP contribution in [0.1, 0.15) is 18.6 Å². The summed E-state index contributed by atoms with van der Waals surface area (Å²) in [5.41, 5.74) is 0.768. The molecule has 0 saturated heterocycles. The molecule has 0 radical (unpaired) electrons. The number of aliphatic hydroxyl groups is 1. The van der Waals surface area contributed by atoms with Crippen molar-refractivity contribution in [3.8, 4) is 0 Å². The third kappa shape index (κ3) is 3.55. The zero-order valence-corrected chi connectivity index (χ0v) is 12.4. The average molecular weight is 345 g/mol. The lowest BCUT2D eigenvalue weighted by atomic mass is 10.1. The topological polar surface area (TPSA) is 20.2 Å². The number of hydrogen-bond donors (Lipinski definition) is 1.